The van der Waals surface area contributed by atoms with Crippen molar-refractivity contribution in [3.63, 3.8) is 0 Å². The number of aromatic nitrogens is 2. The maximum Gasteiger partial charge on any atom is 0.159 e. The van der Waals surface area contributed by atoms with E-state index in [0.717, 1.165) is 5.56 Å². The van der Waals surface area contributed by atoms with Gasteiger partial charge in [0.05, 0.1) is 0 Å². The van der Waals surface area contributed by atoms with E-state index in [1.54, 1.807) is 12.1 Å². The number of anilines is 4. The maximum atomic E-state index is 13.0. The van der Waals surface area contributed by atoms with Gasteiger partial charge in [-0.1, -0.05) is 29.8 Å². The van der Waals surface area contributed by atoms with Crippen molar-refractivity contribution < 1.29 is 4.39 Å². The van der Waals surface area contributed by atoms with Gasteiger partial charge in [0.15, 0.2) is 11.6 Å². The number of nitrogens with two attached hydrogens (primary N) is 1. The summed E-state index contributed by atoms with van der Waals surface area (Å²) in [5, 5.41) is 6.85. The van der Waals surface area contributed by atoms with E-state index in [0.29, 0.717) is 34.6 Å². The zero-order chi connectivity index (χ0) is 16.9. The first kappa shape index (κ1) is 16.0. The molecule has 2 aromatic carbocycles. The first-order valence-corrected chi connectivity index (χ1v) is 7.61. The zero-order valence-electron chi connectivity index (χ0n) is 12.6. The largest absolute Gasteiger partial charge is 0.393 e. The first-order valence-electron chi connectivity index (χ1n) is 7.24. The highest BCUT2D eigenvalue weighted by molar-refractivity contribution is 6.31. The van der Waals surface area contributed by atoms with Gasteiger partial charge in [-0.15, -0.1) is 0 Å². The Kier molecular flexibility index (Phi) is 4.77. The Labute approximate surface area is 143 Å². The predicted molar refractivity (Wildman–Crippen MR) is 94.9 cm³/mol. The van der Waals surface area contributed by atoms with Crippen molar-refractivity contribution in [3.05, 3.63) is 71.3 Å². The lowest BCUT2D eigenvalue weighted by molar-refractivity contribution is 0.628. The van der Waals surface area contributed by atoms with Crippen molar-refractivity contribution in [1.29, 1.82) is 0 Å². The Balaban J connectivity index is 1.75. The molecule has 0 atom stereocenters. The minimum Gasteiger partial charge on any atom is -0.393 e. The number of hydrogen-bond acceptors (Lipinski definition) is 5. The van der Waals surface area contributed by atoms with Crippen LogP contribution in [0.1, 0.15) is 5.56 Å². The van der Waals surface area contributed by atoms with E-state index in [1.165, 1.54) is 18.5 Å². The summed E-state index contributed by atoms with van der Waals surface area (Å²) < 4.78 is 13.0. The average Bonchev–Trinajstić information content (AvgIpc) is 2.59. The van der Waals surface area contributed by atoms with Gasteiger partial charge in [-0.2, -0.15) is 0 Å². The van der Waals surface area contributed by atoms with Gasteiger partial charge >= 0.3 is 0 Å². The Hall–Kier alpha value is -2.86. The third-order valence-corrected chi connectivity index (χ3v) is 3.76. The van der Waals surface area contributed by atoms with Crippen LogP contribution in [0.25, 0.3) is 0 Å². The molecule has 24 heavy (non-hydrogen) atoms. The third-order valence-electron chi connectivity index (χ3n) is 3.39. The Morgan fingerprint density at radius 1 is 1.00 bits per heavy atom. The van der Waals surface area contributed by atoms with Crippen LogP contribution in [0.2, 0.25) is 5.02 Å². The van der Waals surface area contributed by atoms with Gasteiger partial charge in [-0.3, -0.25) is 0 Å². The molecule has 4 N–H and O–H groups in total. The lowest BCUT2D eigenvalue weighted by Gasteiger charge is -2.13. The van der Waals surface area contributed by atoms with Crippen molar-refractivity contribution >= 4 is 34.6 Å². The molecule has 0 radical (unpaired) electrons. The lowest BCUT2D eigenvalue weighted by Crippen LogP contribution is -2.08. The molecule has 0 aliphatic heterocycles. The maximum absolute atomic E-state index is 13.0. The molecule has 122 valence electrons. The normalized spacial score (nSPS) is 10.4. The Morgan fingerprint density at radius 2 is 1.71 bits per heavy atom. The summed E-state index contributed by atoms with van der Waals surface area (Å²) in [7, 11) is 0. The van der Waals surface area contributed by atoms with Crippen LogP contribution in [0.15, 0.2) is 54.9 Å². The molecule has 5 nitrogen and oxygen atoms in total. The standard InChI is InChI=1S/C17H15ClFN5/c18-14-4-2-1-3-11(14)9-21-16-15(20)17(23-10-22-16)24-13-7-5-12(19)6-8-13/h1-8,10H,9,20H2,(H2,21,22,23,24). The molecule has 1 heterocycles. The van der Waals surface area contributed by atoms with Crippen LogP contribution < -0.4 is 16.4 Å². The van der Waals surface area contributed by atoms with E-state index >= 15 is 0 Å². The summed E-state index contributed by atoms with van der Waals surface area (Å²) in [5.74, 6) is 0.631. The highest BCUT2D eigenvalue weighted by Crippen LogP contribution is 2.26. The minimum atomic E-state index is -0.307. The fourth-order valence-corrected chi connectivity index (χ4v) is 2.33. The van der Waals surface area contributed by atoms with Gasteiger partial charge in [0.2, 0.25) is 0 Å². The molecule has 7 heteroatoms. The van der Waals surface area contributed by atoms with Crippen LogP contribution in [0.4, 0.5) is 27.4 Å². The van der Waals surface area contributed by atoms with Crippen LogP contribution in [0.3, 0.4) is 0 Å². The van der Waals surface area contributed by atoms with Gasteiger partial charge in [0.1, 0.15) is 17.8 Å². The summed E-state index contributed by atoms with van der Waals surface area (Å²) in [4.78, 5) is 8.27. The van der Waals surface area contributed by atoms with Gasteiger partial charge in [0, 0.05) is 17.3 Å². The molecule has 0 saturated heterocycles. The topological polar surface area (TPSA) is 75.9 Å². The molecule has 1 aromatic heterocycles. The smallest absolute Gasteiger partial charge is 0.159 e. The fraction of sp³-hybridized carbons (Fsp3) is 0.0588. The van der Waals surface area contributed by atoms with Crippen molar-refractivity contribution in [2.75, 3.05) is 16.4 Å². The van der Waals surface area contributed by atoms with Gasteiger partial charge < -0.3 is 16.4 Å². The number of nitrogens with zero attached hydrogens (tertiary/aromatic N) is 2. The van der Waals surface area contributed by atoms with Gasteiger partial charge in [0.25, 0.3) is 0 Å². The van der Waals surface area contributed by atoms with Crippen LogP contribution >= 0.6 is 11.6 Å². The van der Waals surface area contributed by atoms with E-state index in [4.69, 9.17) is 17.3 Å². The second-order valence-corrected chi connectivity index (χ2v) is 5.47. The summed E-state index contributed by atoms with van der Waals surface area (Å²) in [5.41, 5.74) is 8.09. The molecular weight excluding hydrogens is 329 g/mol. The van der Waals surface area contributed by atoms with Crippen molar-refractivity contribution in [1.82, 2.24) is 9.97 Å². The zero-order valence-corrected chi connectivity index (χ0v) is 13.4. The Morgan fingerprint density at radius 3 is 2.46 bits per heavy atom. The monoisotopic (exact) mass is 343 g/mol. The van der Waals surface area contributed by atoms with Crippen molar-refractivity contribution in [2.45, 2.75) is 6.54 Å². The van der Waals surface area contributed by atoms with E-state index in [9.17, 15) is 4.39 Å². The molecule has 0 spiro atoms. The van der Waals surface area contributed by atoms with Crippen molar-refractivity contribution in [3.8, 4) is 0 Å². The minimum absolute atomic E-state index is 0.307. The summed E-state index contributed by atoms with van der Waals surface area (Å²) in [6.07, 6.45) is 1.40. The third kappa shape index (κ3) is 3.72. The molecule has 3 rings (SSSR count). The van der Waals surface area contributed by atoms with Gasteiger partial charge in [-0.25, -0.2) is 14.4 Å². The van der Waals surface area contributed by atoms with E-state index in [2.05, 4.69) is 20.6 Å². The molecule has 0 aliphatic rings. The average molecular weight is 344 g/mol. The summed E-state index contributed by atoms with van der Waals surface area (Å²) in [6, 6.07) is 13.4. The molecule has 0 aliphatic carbocycles. The number of nitrogens with one attached hydrogen (secondary N) is 2. The molecule has 0 saturated carbocycles. The lowest BCUT2D eigenvalue weighted by atomic mass is 10.2. The summed E-state index contributed by atoms with van der Waals surface area (Å²) in [6.45, 7) is 0.483. The molecule has 0 amide bonds. The van der Waals surface area contributed by atoms with Crippen LogP contribution in [-0.4, -0.2) is 9.97 Å². The Bertz CT molecular complexity index is 839. The number of hydrogen-bond donors (Lipinski definition) is 3. The second-order valence-electron chi connectivity index (χ2n) is 5.06. The van der Waals surface area contributed by atoms with E-state index in [-0.39, 0.29) is 5.82 Å². The van der Waals surface area contributed by atoms with E-state index < -0.39 is 0 Å². The van der Waals surface area contributed by atoms with Crippen LogP contribution in [-0.2, 0) is 6.54 Å². The first-order chi connectivity index (χ1) is 11.6. The molecule has 0 fully saturated rings. The molecule has 0 bridgehead atoms. The predicted octanol–water partition coefficient (Wildman–Crippen LogP) is 4.21. The SMILES string of the molecule is Nc1c(NCc2ccccc2Cl)ncnc1Nc1ccc(F)cc1. The second kappa shape index (κ2) is 7.14. The highest BCUT2D eigenvalue weighted by atomic mass is 35.5. The van der Waals surface area contributed by atoms with Crippen LogP contribution in [0.5, 0.6) is 0 Å². The summed E-state index contributed by atoms with van der Waals surface area (Å²) >= 11 is 6.13. The molecule has 0 unspecified atom stereocenters. The van der Waals surface area contributed by atoms with Crippen LogP contribution in [0, 0.1) is 5.82 Å². The number of rotatable bonds is 5. The number of benzene rings is 2. The highest BCUT2D eigenvalue weighted by Gasteiger charge is 2.09. The molecule has 3 aromatic rings. The molecular formula is C17H15ClFN5. The fourth-order valence-electron chi connectivity index (χ4n) is 2.13. The van der Waals surface area contributed by atoms with Crippen molar-refractivity contribution in [2.24, 2.45) is 0 Å². The van der Waals surface area contributed by atoms with Gasteiger partial charge in [-0.05, 0) is 35.9 Å². The number of nitrogen functional groups attached to an aromatic ring is 1. The quantitative estimate of drug-likeness (QED) is 0.647. The number of halogens is 2. The van der Waals surface area contributed by atoms with E-state index in [1.807, 2.05) is 24.3 Å².